The van der Waals surface area contributed by atoms with Crippen molar-refractivity contribution in [1.29, 1.82) is 0 Å². The average molecular weight is 484 g/mol. The molecular formula is C24H26ClN5O4. The molecule has 1 aliphatic heterocycles. The Morgan fingerprint density at radius 2 is 1.91 bits per heavy atom. The van der Waals surface area contributed by atoms with Gasteiger partial charge < -0.3 is 20.1 Å². The molecule has 1 aromatic heterocycles. The molecule has 178 valence electrons. The van der Waals surface area contributed by atoms with Crippen LogP contribution in [0.4, 0.5) is 5.69 Å². The van der Waals surface area contributed by atoms with Gasteiger partial charge in [0.05, 0.1) is 42.2 Å². The van der Waals surface area contributed by atoms with E-state index < -0.39 is 11.9 Å². The number of aliphatic hydroxyl groups is 1. The van der Waals surface area contributed by atoms with Gasteiger partial charge in [-0.3, -0.25) is 4.79 Å². The highest BCUT2D eigenvalue weighted by Gasteiger charge is 2.34. The van der Waals surface area contributed by atoms with E-state index in [4.69, 9.17) is 16.3 Å². The van der Waals surface area contributed by atoms with E-state index in [1.54, 1.807) is 12.1 Å². The van der Waals surface area contributed by atoms with Gasteiger partial charge in [0.1, 0.15) is 16.7 Å². The summed E-state index contributed by atoms with van der Waals surface area (Å²) in [4.78, 5) is 27.9. The van der Waals surface area contributed by atoms with Crippen molar-refractivity contribution in [3.05, 3.63) is 58.3 Å². The molecular weight excluding hydrogens is 458 g/mol. The summed E-state index contributed by atoms with van der Waals surface area (Å²) >= 11 is 6.47. The van der Waals surface area contributed by atoms with Crippen molar-refractivity contribution in [2.24, 2.45) is 0 Å². The summed E-state index contributed by atoms with van der Waals surface area (Å²) in [7, 11) is 1.25. The van der Waals surface area contributed by atoms with Gasteiger partial charge in [0.2, 0.25) is 0 Å². The Hall–Kier alpha value is -3.43. The number of halogens is 1. The summed E-state index contributed by atoms with van der Waals surface area (Å²) in [5.74, 6) is -1.04. The third-order valence-electron chi connectivity index (χ3n) is 5.67. The largest absolute Gasteiger partial charge is 0.466 e. The van der Waals surface area contributed by atoms with E-state index in [0.29, 0.717) is 21.7 Å². The maximum Gasteiger partial charge on any atom is 0.337 e. The Balaban J connectivity index is 1.63. The van der Waals surface area contributed by atoms with Crippen LogP contribution >= 0.6 is 11.6 Å². The normalized spacial score (nSPS) is 13.8. The highest BCUT2D eigenvalue weighted by Crippen LogP contribution is 2.30. The molecule has 1 aliphatic rings. The summed E-state index contributed by atoms with van der Waals surface area (Å²) in [6.45, 7) is 2.09. The quantitative estimate of drug-likeness (QED) is 0.450. The first-order valence-corrected chi connectivity index (χ1v) is 11.5. The van der Waals surface area contributed by atoms with Crippen LogP contribution in [0.5, 0.6) is 0 Å². The van der Waals surface area contributed by atoms with Gasteiger partial charge in [-0.1, -0.05) is 37.1 Å². The first-order valence-electron chi connectivity index (χ1n) is 11.1. The molecule has 0 saturated heterocycles. The molecule has 3 aromatic rings. The molecule has 0 fully saturated rings. The lowest BCUT2D eigenvalue weighted by Gasteiger charge is -2.15. The fraction of sp³-hybridized carbons (Fsp3) is 0.333. The van der Waals surface area contributed by atoms with Crippen LogP contribution in [-0.4, -0.2) is 63.7 Å². The van der Waals surface area contributed by atoms with Crippen LogP contribution in [-0.2, 0) is 20.7 Å². The Morgan fingerprint density at radius 3 is 2.56 bits per heavy atom. The number of rotatable bonds is 9. The highest BCUT2D eigenvalue weighted by molar-refractivity contribution is 6.34. The number of hydrogen-bond acceptors (Lipinski definition) is 7. The number of esters is 1. The number of carbonyl (C=O) groups is 2. The van der Waals surface area contributed by atoms with Crippen molar-refractivity contribution in [2.75, 3.05) is 32.1 Å². The van der Waals surface area contributed by atoms with Gasteiger partial charge in [-0.15, -0.1) is 10.2 Å². The molecule has 2 aromatic carbocycles. The third-order valence-corrected chi connectivity index (χ3v) is 5.98. The Bertz CT molecular complexity index is 1250. The zero-order valence-corrected chi connectivity index (χ0v) is 19.8. The molecule has 2 heterocycles. The van der Waals surface area contributed by atoms with E-state index >= 15 is 0 Å². The van der Waals surface area contributed by atoms with Crippen molar-refractivity contribution in [1.82, 2.24) is 19.9 Å². The number of ether oxygens (including phenoxy) is 1. The summed E-state index contributed by atoms with van der Waals surface area (Å²) in [5.41, 5.74) is 3.89. The van der Waals surface area contributed by atoms with Gasteiger partial charge in [0, 0.05) is 6.54 Å². The van der Waals surface area contributed by atoms with Crippen LogP contribution < -0.4 is 5.32 Å². The first-order chi connectivity index (χ1) is 16.4. The Morgan fingerprint density at radius 1 is 1.21 bits per heavy atom. The van der Waals surface area contributed by atoms with Crippen LogP contribution in [0.15, 0.2) is 47.7 Å². The first kappa shape index (κ1) is 23.7. The maximum absolute atomic E-state index is 12.8. The molecule has 0 spiro atoms. The van der Waals surface area contributed by atoms with Gasteiger partial charge in [0.15, 0.2) is 0 Å². The molecule has 0 aliphatic carbocycles. The van der Waals surface area contributed by atoms with Gasteiger partial charge in [-0.2, -0.15) is 4.80 Å². The molecule has 1 amide bonds. The third kappa shape index (κ3) is 4.76. The number of carbonyl (C=O) groups excluding carboxylic acids is 2. The number of β-amino-alcohol motifs (C(OH)–C–C–N with tert-alkyl or cyclic N) is 1. The summed E-state index contributed by atoms with van der Waals surface area (Å²) in [6, 6.07) is 11.4. The van der Waals surface area contributed by atoms with Crippen LogP contribution in [0, 0.1) is 0 Å². The van der Waals surface area contributed by atoms with Crippen LogP contribution in [0.1, 0.15) is 25.3 Å². The van der Waals surface area contributed by atoms with Crippen molar-refractivity contribution in [2.45, 2.75) is 26.2 Å². The minimum absolute atomic E-state index is 0.0404. The molecule has 0 bridgehead atoms. The molecule has 4 rings (SSSR count). The van der Waals surface area contributed by atoms with Gasteiger partial charge in [0.25, 0.3) is 5.91 Å². The highest BCUT2D eigenvalue weighted by atomic mass is 35.5. The molecule has 9 nitrogen and oxygen atoms in total. The Kier molecular flexibility index (Phi) is 7.14. The fourth-order valence-corrected chi connectivity index (χ4v) is 4.01. The number of nitrogens with zero attached hydrogens (tertiary/aromatic N) is 4. The summed E-state index contributed by atoms with van der Waals surface area (Å²) in [6.07, 6.45) is 3.33. The lowest BCUT2D eigenvalue weighted by molar-refractivity contribution is -0.136. The molecule has 0 saturated carbocycles. The SMILES string of the molecule is CCCCc1ccc(-n2nc3cc(Cl)c(NC4=C(C(=O)OC)CN(CCO)C4=O)cc3n2)cc1. The molecule has 0 radical (unpaired) electrons. The molecule has 0 atom stereocenters. The second kappa shape index (κ2) is 10.2. The minimum atomic E-state index is -0.623. The topological polar surface area (TPSA) is 110 Å². The van der Waals surface area contributed by atoms with Crippen molar-refractivity contribution >= 4 is 40.2 Å². The van der Waals surface area contributed by atoms with Gasteiger partial charge in [-0.05, 0) is 42.7 Å². The minimum Gasteiger partial charge on any atom is -0.466 e. The van der Waals surface area contributed by atoms with E-state index in [-0.39, 0.29) is 31.0 Å². The van der Waals surface area contributed by atoms with Gasteiger partial charge in [-0.25, -0.2) is 4.79 Å². The number of nitrogens with one attached hydrogen (secondary N) is 1. The molecule has 34 heavy (non-hydrogen) atoms. The fourth-order valence-electron chi connectivity index (χ4n) is 3.81. The second-order valence-electron chi connectivity index (χ2n) is 8.00. The number of methoxy groups -OCH3 is 1. The molecule has 10 heteroatoms. The predicted molar refractivity (Wildman–Crippen MR) is 129 cm³/mol. The average Bonchev–Trinajstić information content (AvgIpc) is 3.39. The van der Waals surface area contributed by atoms with E-state index in [9.17, 15) is 14.7 Å². The number of hydrogen-bond donors (Lipinski definition) is 2. The lowest BCUT2D eigenvalue weighted by Crippen LogP contribution is -2.31. The van der Waals surface area contributed by atoms with Crippen LogP contribution in [0.2, 0.25) is 5.02 Å². The zero-order valence-electron chi connectivity index (χ0n) is 19.0. The number of aromatic nitrogens is 3. The number of benzene rings is 2. The lowest BCUT2D eigenvalue weighted by atomic mass is 10.1. The number of amides is 1. The van der Waals surface area contributed by atoms with E-state index in [2.05, 4.69) is 34.6 Å². The van der Waals surface area contributed by atoms with E-state index in [1.165, 1.54) is 22.4 Å². The Labute approximate surface area is 201 Å². The van der Waals surface area contributed by atoms with E-state index in [1.807, 2.05) is 12.1 Å². The maximum atomic E-state index is 12.8. The van der Waals surface area contributed by atoms with E-state index in [0.717, 1.165) is 24.9 Å². The predicted octanol–water partition coefficient (Wildman–Crippen LogP) is 3.09. The smallest absolute Gasteiger partial charge is 0.337 e. The van der Waals surface area contributed by atoms with Crippen LogP contribution in [0.25, 0.3) is 16.7 Å². The van der Waals surface area contributed by atoms with Crippen molar-refractivity contribution in [3.8, 4) is 5.69 Å². The summed E-state index contributed by atoms with van der Waals surface area (Å²) in [5, 5.41) is 21.6. The second-order valence-corrected chi connectivity index (χ2v) is 8.41. The number of fused-ring (bicyclic) bond motifs is 1. The van der Waals surface area contributed by atoms with Crippen LogP contribution in [0.3, 0.4) is 0 Å². The zero-order chi connectivity index (χ0) is 24.2. The standard InChI is InChI=1S/C24H26ClN5O4/c1-3-4-5-15-6-8-16(9-7-15)30-27-20-12-18(25)19(13-21(20)28-30)26-22-17(24(33)34-2)14-29(10-11-31)23(22)32/h6-9,12-13,26,31H,3-5,10-11,14H2,1-2H3. The summed E-state index contributed by atoms with van der Waals surface area (Å²) < 4.78 is 4.82. The van der Waals surface area contributed by atoms with Crippen molar-refractivity contribution in [3.63, 3.8) is 0 Å². The number of anilines is 1. The molecule has 2 N–H and O–H groups in total. The number of aliphatic hydroxyl groups excluding tert-OH is 1. The number of aryl methyl sites for hydroxylation is 1. The number of unbranched alkanes of at least 4 members (excludes halogenated alkanes) is 1. The van der Waals surface area contributed by atoms with Crippen molar-refractivity contribution < 1.29 is 19.4 Å². The monoisotopic (exact) mass is 483 g/mol. The molecule has 0 unspecified atom stereocenters. The van der Waals surface area contributed by atoms with Gasteiger partial charge >= 0.3 is 5.97 Å².